The molecule has 3 fully saturated rings. The van der Waals surface area contributed by atoms with Crippen LogP contribution >= 0.6 is 0 Å². The Morgan fingerprint density at radius 2 is 2.10 bits per heavy atom. The summed E-state index contributed by atoms with van der Waals surface area (Å²) < 4.78 is 0. The van der Waals surface area contributed by atoms with Gasteiger partial charge in [0.15, 0.2) is 0 Å². The standard InChI is InChI=1S/C9H15N/c1-2-6-4-7(3-1)9-8(5-6)10-9/h6-10H,1-5H2. The van der Waals surface area contributed by atoms with Crippen molar-refractivity contribution in [2.75, 3.05) is 0 Å². The quantitative estimate of drug-likeness (QED) is 0.502. The van der Waals surface area contributed by atoms with Crippen LogP contribution in [0.4, 0.5) is 0 Å². The molecule has 2 aliphatic carbocycles. The van der Waals surface area contributed by atoms with Gasteiger partial charge in [0, 0.05) is 12.1 Å². The van der Waals surface area contributed by atoms with Gasteiger partial charge >= 0.3 is 0 Å². The Kier molecular flexibility index (Phi) is 0.984. The number of rotatable bonds is 0. The van der Waals surface area contributed by atoms with Gasteiger partial charge in [0.25, 0.3) is 0 Å². The first-order valence-corrected chi connectivity index (χ1v) is 4.69. The van der Waals surface area contributed by atoms with E-state index in [1.165, 1.54) is 25.7 Å². The lowest BCUT2D eigenvalue weighted by atomic mass is 9.72. The molecular formula is C9H15N. The topological polar surface area (TPSA) is 21.9 Å². The summed E-state index contributed by atoms with van der Waals surface area (Å²) in [5, 5.41) is 3.60. The highest BCUT2D eigenvalue weighted by molar-refractivity contribution is 5.08. The van der Waals surface area contributed by atoms with Crippen LogP contribution in [-0.4, -0.2) is 12.1 Å². The Balaban J connectivity index is 1.82. The summed E-state index contributed by atoms with van der Waals surface area (Å²) >= 11 is 0. The summed E-state index contributed by atoms with van der Waals surface area (Å²) in [4.78, 5) is 0. The molecule has 4 unspecified atom stereocenters. The van der Waals surface area contributed by atoms with Gasteiger partial charge in [-0.15, -0.1) is 0 Å². The minimum atomic E-state index is 0.962. The highest BCUT2D eigenvalue weighted by Crippen LogP contribution is 2.45. The van der Waals surface area contributed by atoms with Gasteiger partial charge in [-0.25, -0.2) is 0 Å². The van der Waals surface area contributed by atoms with Crippen molar-refractivity contribution in [3.8, 4) is 0 Å². The maximum absolute atomic E-state index is 3.60. The van der Waals surface area contributed by atoms with Crippen LogP contribution in [0.2, 0.25) is 0 Å². The summed E-state index contributed by atoms with van der Waals surface area (Å²) in [6.07, 6.45) is 7.61. The second-order valence-electron chi connectivity index (χ2n) is 4.33. The van der Waals surface area contributed by atoms with Gasteiger partial charge in [0.2, 0.25) is 0 Å². The second kappa shape index (κ2) is 1.76. The first-order chi connectivity index (χ1) is 4.93. The maximum Gasteiger partial charge on any atom is 0.0252 e. The Morgan fingerprint density at radius 1 is 1.10 bits per heavy atom. The molecular weight excluding hydrogens is 122 g/mol. The Hall–Kier alpha value is -0.0400. The smallest absolute Gasteiger partial charge is 0.0252 e. The molecule has 0 aromatic carbocycles. The van der Waals surface area contributed by atoms with Crippen LogP contribution in [0.15, 0.2) is 0 Å². The van der Waals surface area contributed by atoms with Crippen LogP contribution in [0.5, 0.6) is 0 Å². The molecule has 1 saturated heterocycles. The van der Waals surface area contributed by atoms with Gasteiger partial charge in [-0.2, -0.15) is 0 Å². The van der Waals surface area contributed by atoms with Crippen molar-refractivity contribution in [2.45, 2.75) is 44.2 Å². The minimum Gasteiger partial charge on any atom is -0.308 e. The van der Waals surface area contributed by atoms with E-state index in [0.717, 1.165) is 23.9 Å². The lowest BCUT2D eigenvalue weighted by molar-refractivity contribution is 0.220. The molecule has 1 nitrogen and oxygen atoms in total. The predicted molar refractivity (Wildman–Crippen MR) is 40.8 cm³/mol. The van der Waals surface area contributed by atoms with E-state index in [-0.39, 0.29) is 0 Å². The van der Waals surface area contributed by atoms with Crippen LogP contribution < -0.4 is 5.32 Å². The number of hydrogen-bond acceptors (Lipinski definition) is 1. The Bertz CT molecular complexity index is 155. The zero-order chi connectivity index (χ0) is 6.55. The normalized spacial score (nSPS) is 57.6. The molecule has 10 heavy (non-hydrogen) atoms. The van der Waals surface area contributed by atoms with Gasteiger partial charge in [-0.1, -0.05) is 12.8 Å². The molecule has 1 heterocycles. The molecule has 1 aliphatic heterocycles. The van der Waals surface area contributed by atoms with Crippen molar-refractivity contribution in [2.24, 2.45) is 11.8 Å². The molecule has 1 heteroatoms. The van der Waals surface area contributed by atoms with E-state index in [9.17, 15) is 0 Å². The molecule has 0 radical (unpaired) electrons. The molecule has 0 aromatic heterocycles. The Morgan fingerprint density at radius 3 is 3.10 bits per heavy atom. The molecule has 3 aliphatic rings. The highest BCUT2D eigenvalue weighted by atomic mass is 15.2. The van der Waals surface area contributed by atoms with Crippen LogP contribution in [-0.2, 0) is 0 Å². The predicted octanol–water partition coefficient (Wildman–Crippen LogP) is 1.54. The fourth-order valence-electron chi connectivity index (χ4n) is 3.10. The molecule has 0 spiro atoms. The van der Waals surface area contributed by atoms with Gasteiger partial charge in [-0.3, -0.25) is 0 Å². The van der Waals surface area contributed by atoms with Crippen molar-refractivity contribution in [1.29, 1.82) is 0 Å². The molecule has 56 valence electrons. The summed E-state index contributed by atoms with van der Waals surface area (Å²) in [6.45, 7) is 0. The molecule has 3 rings (SSSR count). The molecule has 4 atom stereocenters. The van der Waals surface area contributed by atoms with Crippen molar-refractivity contribution >= 4 is 0 Å². The second-order valence-corrected chi connectivity index (χ2v) is 4.33. The maximum atomic E-state index is 3.60. The van der Waals surface area contributed by atoms with Gasteiger partial charge in [0.05, 0.1) is 0 Å². The average molecular weight is 137 g/mol. The summed E-state index contributed by atoms with van der Waals surface area (Å²) in [6, 6.07) is 1.93. The van der Waals surface area contributed by atoms with E-state index in [1.54, 1.807) is 6.42 Å². The van der Waals surface area contributed by atoms with Crippen LogP contribution in [0.25, 0.3) is 0 Å². The zero-order valence-corrected chi connectivity index (χ0v) is 6.34. The lowest BCUT2D eigenvalue weighted by Crippen LogP contribution is -2.27. The third-order valence-corrected chi connectivity index (χ3v) is 3.65. The summed E-state index contributed by atoms with van der Waals surface area (Å²) in [5.41, 5.74) is 0. The number of fused-ring (bicyclic) bond motifs is 4. The number of hydrogen-bond donors (Lipinski definition) is 1. The van der Waals surface area contributed by atoms with E-state index in [1.807, 2.05) is 0 Å². The van der Waals surface area contributed by atoms with E-state index in [2.05, 4.69) is 5.32 Å². The van der Waals surface area contributed by atoms with E-state index in [4.69, 9.17) is 0 Å². The van der Waals surface area contributed by atoms with E-state index in [0.29, 0.717) is 0 Å². The van der Waals surface area contributed by atoms with Crippen molar-refractivity contribution in [3.05, 3.63) is 0 Å². The summed E-state index contributed by atoms with van der Waals surface area (Å²) in [7, 11) is 0. The van der Waals surface area contributed by atoms with Crippen molar-refractivity contribution in [3.63, 3.8) is 0 Å². The lowest BCUT2D eigenvalue weighted by Gasteiger charge is -2.32. The SMILES string of the molecule is C1CC2CC(C1)C1NC1C2. The third-order valence-electron chi connectivity index (χ3n) is 3.65. The van der Waals surface area contributed by atoms with Crippen LogP contribution in [0.1, 0.15) is 32.1 Å². The average Bonchev–Trinajstić information content (AvgIpc) is 2.68. The molecule has 2 saturated carbocycles. The van der Waals surface area contributed by atoms with E-state index < -0.39 is 0 Å². The summed E-state index contributed by atoms with van der Waals surface area (Å²) in [5.74, 6) is 2.19. The monoisotopic (exact) mass is 137 g/mol. The molecule has 0 aromatic rings. The molecule has 2 bridgehead atoms. The zero-order valence-electron chi connectivity index (χ0n) is 6.34. The molecule has 1 N–H and O–H groups in total. The van der Waals surface area contributed by atoms with Gasteiger partial charge < -0.3 is 5.32 Å². The van der Waals surface area contributed by atoms with Crippen LogP contribution in [0.3, 0.4) is 0 Å². The fraction of sp³-hybridized carbons (Fsp3) is 1.00. The van der Waals surface area contributed by atoms with E-state index >= 15 is 0 Å². The van der Waals surface area contributed by atoms with Gasteiger partial charge in [0.1, 0.15) is 0 Å². The highest BCUT2D eigenvalue weighted by Gasteiger charge is 2.48. The first kappa shape index (κ1) is 5.59. The molecule has 0 amide bonds. The van der Waals surface area contributed by atoms with Crippen LogP contribution in [0, 0.1) is 11.8 Å². The van der Waals surface area contributed by atoms with Gasteiger partial charge in [-0.05, 0) is 31.1 Å². The first-order valence-electron chi connectivity index (χ1n) is 4.69. The van der Waals surface area contributed by atoms with Crippen molar-refractivity contribution in [1.82, 2.24) is 5.32 Å². The minimum absolute atomic E-state index is 0.962. The number of nitrogens with one attached hydrogen (secondary N) is 1. The van der Waals surface area contributed by atoms with Crippen molar-refractivity contribution < 1.29 is 0 Å². The Labute approximate surface area is 62.2 Å². The third kappa shape index (κ3) is 0.672. The fourth-order valence-corrected chi connectivity index (χ4v) is 3.10. The largest absolute Gasteiger partial charge is 0.308 e.